The Labute approximate surface area is 178 Å². The van der Waals surface area contributed by atoms with Crippen LogP contribution < -0.4 is 0 Å². The highest BCUT2D eigenvalue weighted by molar-refractivity contribution is 6.26. The Hall–Kier alpha value is -2.60. The van der Waals surface area contributed by atoms with Crippen LogP contribution in [0.2, 0.25) is 0 Å². The van der Waals surface area contributed by atoms with Gasteiger partial charge in [-0.25, -0.2) is 0 Å². The molecule has 2 heterocycles. The summed E-state index contributed by atoms with van der Waals surface area (Å²) in [5.41, 5.74) is 4.21. The maximum atomic E-state index is 13.4. The minimum atomic E-state index is -4.38. The van der Waals surface area contributed by atoms with E-state index in [1.165, 1.54) is 12.1 Å². The lowest BCUT2D eigenvalue weighted by atomic mass is 9.72. The molecule has 0 radical (unpaired) electrons. The topological polar surface area (TPSA) is 46.5 Å². The Balaban J connectivity index is 1.51. The Morgan fingerprint density at radius 1 is 1.00 bits per heavy atom. The number of carbonyl (C=O) groups is 1. The predicted molar refractivity (Wildman–Crippen MR) is 110 cm³/mol. The van der Waals surface area contributed by atoms with Crippen molar-refractivity contribution in [3.8, 4) is 0 Å². The number of alkyl halides is 3. The van der Waals surface area contributed by atoms with Gasteiger partial charge in [-0.2, -0.15) is 13.2 Å². The number of aryl methyl sites for hydroxylation is 3. The van der Waals surface area contributed by atoms with Gasteiger partial charge in [0.15, 0.2) is 5.78 Å². The van der Waals surface area contributed by atoms with Crippen LogP contribution >= 0.6 is 0 Å². The lowest BCUT2D eigenvalue weighted by Crippen LogP contribution is -2.33. The van der Waals surface area contributed by atoms with Crippen molar-refractivity contribution in [1.82, 2.24) is 0 Å². The molecule has 2 aromatic carbocycles. The minimum absolute atomic E-state index is 0.0640. The van der Waals surface area contributed by atoms with Crippen LogP contribution in [0.25, 0.3) is 5.57 Å². The van der Waals surface area contributed by atoms with Crippen molar-refractivity contribution in [2.24, 2.45) is 11.8 Å². The zero-order valence-corrected chi connectivity index (χ0v) is 17.5. The molecule has 2 aliphatic heterocycles. The van der Waals surface area contributed by atoms with Crippen molar-refractivity contribution in [2.75, 3.05) is 0 Å². The predicted octanol–water partition coefficient (Wildman–Crippen LogP) is 5.67. The molecule has 162 valence electrons. The average Bonchev–Trinajstić information content (AvgIpc) is 3.34. The third-order valence-electron chi connectivity index (χ3n) is 7.07. The number of ketones is 1. The molecule has 0 aromatic heterocycles. The van der Waals surface area contributed by atoms with E-state index in [1.807, 2.05) is 32.9 Å². The number of aliphatic hydroxyl groups is 1. The molecule has 0 saturated carbocycles. The van der Waals surface area contributed by atoms with Gasteiger partial charge in [-0.3, -0.25) is 4.79 Å². The Bertz CT molecular complexity index is 1090. The minimum Gasteiger partial charge on any atom is -0.511 e. The van der Waals surface area contributed by atoms with Crippen LogP contribution in [0, 0.1) is 32.6 Å². The van der Waals surface area contributed by atoms with Crippen LogP contribution in [-0.4, -0.2) is 23.1 Å². The normalized spacial score (nSPS) is 29.7. The summed E-state index contributed by atoms with van der Waals surface area (Å²) in [5, 5.41) is 11.2. The SMILES string of the molecule is Cc1cc(C)c(C2=C(O)[C@H]3[C@@H](C2=O)[C@@H]2CC(c4ccc(C(F)(F)F)cc4)[C@H]3O2)c(C)c1. The van der Waals surface area contributed by atoms with E-state index in [9.17, 15) is 23.1 Å². The summed E-state index contributed by atoms with van der Waals surface area (Å²) in [7, 11) is 0. The molecule has 1 unspecified atom stereocenters. The molecule has 5 rings (SSSR count). The molecule has 31 heavy (non-hydrogen) atoms. The standard InChI is InChI=1S/C25H23F3O3/c1-11-8-12(2)18(13(3)9-11)20-22(29)19-17-10-16(24(31-17)21(19)23(20)30)14-4-6-15(7-5-14)25(26,27)28/h4-9,16-17,19,21,24,30H,10H2,1-3H3/t16?,17-,19-,21+,24+/m0/s1. The number of halogens is 3. The summed E-state index contributed by atoms with van der Waals surface area (Å²) < 4.78 is 44.8. The van der Waals surface area contributed by atoms with E-state index < -0.39 is 29.7 Å². The van der Waals surface area contributed by atoms with Gasteiger partial charge in [0.2, 0.25) is 0 Å². The summed E-state index contributed by atoms with van der Waals surface area (Å²) in [4.78, 5) is 13.4. The van der Waals surface area contributed by atoms with Crippen LogP contribution in [0.3, 0.4) is 0 Å². The number of ether oxygens (including phenoxy) is 1. The maximum absolute atomic E-state index is 13.4. The van der Waals surface area contributed by atoms with Gasteiger partial charge in [0.25, 0.3) is 0 Å². The first-order valence-electron chi connectivity index (χ1n) is 10.5. The fraction of sp³-hybridized carbons (Fsp3) is 0.400. The number of hydrogen-bond donors (Lipinski definition) is 1. The molecule has 1 aliphatic carbocycles. The molecular formula is C25H23F3O3. The Kier molecular flexibility index (Phi) is 4.39. The molecule has 1 N–H and O–H groups in total. The van der Waals surface area contributed by atoms with Crippen LogP contribution in [0.1, 0.15) is 45.7 Å². The second-order valence-electron chi connectivity index (χ2n) is 9.05. The van der Waals surface area contributed by atoms with Crippen LogP contribution in [0.4, 0.5) is 13.2 Å². The van der Waals surface area contributed by atoms with Crippen molar-refractivity contribution < 1.29 is 27.8 Å². The number of hydrogen-bond acceptors (Lipinski definition) is 3. The molecular weight excluding hydrogens is 405 g/mol. The van der Waals surface area contributed by atoms with E-state index in [-0.39, 0.29) is 23.6 Å². The van der Waals surface area contributed by atoms with Crippen molar-refractivity contribution >= 4 is 11.4 Å². The van der Waals surface area contributed by atoms with Gasteiger partial charge in [0.1, 0.15) is 5.76 Å². The number of fused-ring (bicyclic) bond motifs is 5. The van der Waals surface area contributed by atoms with Crippen molar-refractivity contribution in [3.63, 3.8) is 0 Å². The molecule has 5 atom stereocenters. The molecule has 3 aliphatic rings. The van der Waals surface area contributed by atoms with Gasteiger partial charge in [-0.15, -0.1) is 0 Å². The van der Waals surface area contributed by atoms with Crippen LogP contribution in [-0.2, 0) is 15.7 Å². The summed E-state index contributed by atoms with van der Waals surface area (Å²) >= 11 is 0. The van der Waals surface area contributed by atoms with Gasteiger partial charge in [0, 0.05) is 5.92 Å². The van der Waals surface area contributed by atoms with E-state index >= 15 is 0 Å². The van der Waals surface area contributed by atoms with E-state index in [2.05, 4.69) is 0 Å². The summed E-state index contributed by atoms with van der Waals surface area (Å²) in [5.74, 6) is -1.05. The molecule has 2 aromatic rings. The summed E-state index contributed by atoms with van der Waals surface area (Å²) in [6.07, 6.45) is -4.57. The number of aliphatic hydroxyl groups excluding tert-OH is 1. The van der Waals surface area contributed by atoms with E-state index in [0.717, 1.165) is 39.9 Å². The maximum Gasteiger partial charge on any atom is 0.416 e. The smallest absolute Gasteiger partial charge is 0.416 e. The summed E-state index contributed by atoms with van der Waals surface area (Å²) in [6, 6.07) is 9.14. The zero-order valence-electron chi connectivity index (χ0n) is 17.5. The monoisotopic (exact) mass is 428 g/mol. The van der Waals surface area contributed by atoms with Gasteiger partial charge in [-0.05, 0) is 61.6 Å². The number of rotatable bonds is 2. The van der Waals surface area contributed by atoms with Crippen molar-refractivity contribution in [2.45, 2.75) is 51.5 Å². The third-order valence-corrected chi connectivity index (χ3v) is 7.07. The molecule has 2 fully saturated rings. The number of benzene rings is 2. The highest BCUT2D eigenvalue weighted by atomic mass is 19.4. The van der Waals surface area contributed by atoms with Crippen LogP contribution in [0.15, 0.2) is 42.2 Å². The number of Topliss-reactive ketones (excluding diaryl/α,β-unsaturated/α-hetero) is 1. The van der Waals surface area contributed by atoms with Gasteiger partial charge < -0.3 is 9.84 Å². The first kappa shape index (κ1) is 20.3. The lowest BCUT2D eigenvalue weighted by Gasteiger charge is -2.28. The molecule has 2 bridgehead atoms. The number of carbonyl (C=O) groups excluding carboxylic acids is 1. The van der Waals surface area contributed by atoms with E-state index in [0.29, 0.717) is 12.0 Å². The van der Waals surface area contributed by atoms with Gasteiger partial charge >= 0.3 is 6.18 Å². The van der Waals surface area contributed by atoms with E-state index in [4.69, 9.17) is 4.74 Å². The first-order valence-corrected chi connectivity index (χ1v) is 10.5. The largest absolute Gasteiger partial charge is 0.511 e. The summed E-state index contributed by atoms with van der Waals surface area (Å²) in [6.45, 7) is 5.87. The average molecular weight is 428 g/mol. The zero-order chi connectivity index (χ0) is 22.2. The Morgan fingerprint density at radius 2 is 1.61 bits per heavy atom. The highest BCUT2D eigenvalue weighted by Crippen LogP contribution is 2.58. The van der Waals surface area contributed by atoms with Crippen molar-refractivity contribution in [3.05, 3.63) is 75.5 Å². The molecule has 2 saturated heterocycles. The quantitative estimate of drug-likeness (QED) is 0.671. The lowest BCUT2D eigenvalue weighted by molar-refractivity contribution is -0.137. The second kappa shape index (κ2) is 6.70. The second-order valence-corrected chi connectivity index (χ2v) is 9.05. The number of allylic oxidation sites excluding steroid dienone is 1. The Morgan fingerprint density at radius 3 is 2.19 bits per heavy atom. The van der Waals surface area contributed by atoms with Gasteiger partial charge in [0.05, 0.1) is 35.2 Å². The van der Waals surface area contributed by atoms with E-state index in [1.54, 1.807) is 0 Å². The molecule has 0 amide bonds. The molecule has 3 nitrogen and oxygen atoms in total. The van der Waals surface area contributed by atoms with Gasteiger partial charge in [-0.1, -0.05) is 29.8 Å². The van der Waals surface area contributed by atoms with Crippen molar-refractivity contribution in [1.29, 1.82) is 0 Å². The molecule has 0 spiro atoms. The first-order chi connectivity index (χ1) is 14.6. The van der Waals surface area contributed by atoms with Crippen LogP contribution in [0.5, 0.6) is 0 Å². The third kappa shape index (κ3) is 2.95. The fourth-order valence-corrected chi connectivity index (χ4v) is 5.93. The highest BCUT2D eigenvalue weighted by Gasteiger charge is 2.62. The fourth-order valence-electron chi connectivity index (χ4n) is 5.93. The molecule has 6 heteroatoms.